The van der Waals surface area contributed by atoms with Crippen LogP contribution in [-0.4, -0.2) is 43.1 Å². The molecule has 0 radical (unpaired) electrons. The van der Waals surface area contributed by atoms with Crippen LogP contribution < -0.4 is 10.1 Å². The van der Waals surface area contributed by atoms with Crippen LogP contribution in [0.25, 0.3) is 5.57 Å². The lowest BCUT2D eigenvalue weighted by atomic mass is 10.0. The Morgan fingerprint density at radius 3 is 2.24 bits per heavy atom. The second-order valence-corrected chi connectivity index (χ2v) is 6.79. The van der Waals surface area contributed by atoms with E-state index >= 15 is 0 Å². The van der Waals surface area contributed by atoms with Crippen molar-refractivity contribution >= 4 is 23.1 Å². The highest BCUT2D eigenvalue weighted by molar-refractivity contribution is 6.36. The molecular weight excluding hydrogens is 375 g/mol. The largest absolute Gasteiger partial charge is 0.497 e. The minimum absolute atomic E-state index is 0.00589. The highest BCUT2D eigenvalue weighted by Crippen LogP contribution is 2.31. The number of amides is 2. The number of ether oxygens (including phenoxy) is 2. The molecule has 0 spiro atoms. The number of hydrogen-bond donors (Lipinski definition) is 1. The molecule has 152 valence electrons. The van der Waals surface area contributed by atoms with Gasteiger partial charge in [-0.15, -0.1) is 0 Å². The Kier molecular flexibility index (Phi) is 6.29. The first-order valence-corrected chi connectivity index (χ1v) is 9.29. The maximum Gasteiger partial charge on any atom is 0.278 e. The van der Waals surface area contributed by atoms with Crippen LogP contribution in [0.3, 0.4) is 0 Å². The van der Waals surface area contributed by atoms with Crippen LogP contribution in [0.2, 0.25) is 0 Å². The first-order chi connectivity index (χ1) is 13.9. The average Bonchev–Trinajstić information content (AvgIpc) is 2.94. The van der Waals surface area contributed by atoms with Crippen molar-refractivity contribution in [2.24, 2.45) is 0 Å². The Hall–Kier alpha value is -3.19. The fourth-order valence-corrected chi connectivity index (χ4v) is 2.98. The number of nitrogens with one attached hydrogen (secondary N) is 1. The summed E-state index contributed by atoms with van der Waals surface area (Å²) in [6, 6.07) is 12.5. The molecule has 29 heavy (non-hydrogen) atoms. The van der Waals surface area contributed by atoms with Gasteiger partial charge in [0.05, 0.1) is 31.9 Å². The molecule has 3 rings (SSSR count). The van der Waals surface area contributed by atoms with Crippen LogP contribution in [0.5, 0.6) is 5.75 Å². The minimum atomic E-state index is -0.447. The van der Waals surface area contributed by atoms with Crippen molar-refractivity contribution in [2.45, 2.75) is 20.0 Å². The summed E-state index contributed by atoms with van der Waals surface area (Å²) in [7, 11) is 1.55. The Labute approximate surface area is 168 Å². The van der Waals surface area contributed by atoms with Crippen LogP contribution in [0, 0.1) is 5.82 Å². The van der Waals surface area contributed by atoms with Crippen LogP contribution in [0.1, 0.15) is 19.4 Å². The molecule has 0 atom stereocenters. The third kappa shape index (κ3) is 4.63. The van der Waals surface area contributed by atoms with Gasteiger partial charge in [0.1, 0.15) is 17.3 Å². The molecule has 0 saturated carbocycles. The third-order valence-corrected chi connectivity index (χ3v) is 4.43. The Balaban J connectivity index is 1.94. The summed E-state index contributed by atoms with van der Waals surface area (Å²) in [6.45, 7) is 4.16. The lowest BCUT2D eigenvalue weighted by molar-refractivity contribution is -0.137. The second kappa shape index (κ2) is 8.87. The van der Waals surface area contributed by atoms with E-state index in [2.05, 4.69) is 5.32 Å². The third-order valence-electron chi connectivity index (χ3n) is 4.43. The SMILES string of the molecule is COc1ccc(C2=C(Nc3ccc(F)cc3)C(=O)N(CCOC(C)C)C2=O)cc1. The fourth-order valence-electron chi connectivity index (χ4n) is 2.98. The topological polar surface area (TPSA) is 67.9 Å². The van der Waals surface area contributed by atoms with E-state index in [1.807, 2.05) is 13.8 Å². The Bertz CT molecular complexity index is 921. The molecule has 0 unspecified atom stereocenters. The Morgan fingerprint density at radius 1 is 1.00 bits per heavy atom. The van der Waals surface area contributed by atoms with Gasteiger partial charge in [-0.25, -0.2) is 4.39 Å². The normalized spacial score (nSPS) is 14.2. The zero-order chi connectivity index (χ0) is 21.0. The van der Waals surface area contributed by atoms with Crippen molar-refractivity contribution in [3.63, 3.8) is 0 Å². The van der Waals surface area contributed by atoms with Crippen molar-refractivity contribution in [1.82, 2.24) is 4.90 Å². The van der Waals surface area contributed by atoms with Gasteiger partial charge in [-0.05, 0) is 55.8 Å². The van der Waals surface area contributed by atoms with Crippen molar-refractivity contribution in [2.75, 3.05) is 25.6 Å². The second-order valence-electron chi connectivity index (χ2n) is 6.79. The van der Waals surface area contributed by atoms with Gasteiger partial charge in [0.15, 0.2) is 0 Å². The highest BCUT2D eigenvalue weighted by atomic mass is 19.1. The number of anilines is 1. The number of nitrogens with zero attached hydrogens (tertiary/aromatic N) is 1. The molecule has 2 aromatic carbocycles. The maximum atomic E-state index is 13.2. The van der Waals surface area contributed by atoms with E-state index < -0.39 is 11.8 Å². The van der Waals surface area contributed by atoms with Gasteiger partial charge < -0.3 is 14.8 Å². The molecule has 1 heterocycles. The molecule has 6 nitrogen and oxygen atoms in total. The summed E-state index contributed by atoms with van der Waals surface area (Å²) in [5.74, 6) is -0.600. The molecule has 1 aliphatic rings. The monoisotopic (exact) mass is 398 g/mol. The van der Waals surface area contributed by atoms with Crippen molar-refractivity contribution in [1.29, 1.82) is 0 Å². The summed E-state index contributed by atoms with van der Waals surface area (Å²) in [5, 5.41) is 2.98. The van der Waals surface area contributed by atoms with E-state index in [0.717, 1.165) is 4.90 Å². The molecule has 0 aliphatic carbocycles. The number of hydrogen-bond acceptors (Lipinski definition) is 5. The van der Waals surface area contributed by atoms with E-state index in [0.29, 0.717) is 17.0 Å². The smallest absolute Gasteiger partial charge is 0.278 e. The van der Waals surface area contributed by atoms with Crippen LogP contribution in [0.15, 0.2) is 54.2 Å². The number of methoxy groups -OCH3 is 1. The van der Waals surface area contributed by atoms with E-state index in [9.17, 15) is 14.0 Å². The molecule has 0 aromatic heterocycles. The van der Waals surface area contributed by atoms with Gasteiger partial charge in [-0.3, -0.25) is 14.5 Å². The molecule has 0 fully saturated rings. The molecule has 0 bridgehead atoms. The predicted molar refractivity (Wildman–Crippen MR) is 108 cm³/mol. The van der Waals surface area contributed by atoms with Gasteiger partial charge >= 0.3 is 0 Å². The van der Waals surface area contributed by atoms with E-state index in [1.54, 1.807) is 31.4 Å². The standard InChI is InChI=1S/C22H23FN2O4/c1-14(2)29-13-12-25-21(26)19(15-4-10-18(28-3)11-5-15)20(22(25)27)24-17-8-6-16(23)7-9-17/h4-11,14,24H,12-13H2,1-3H3. The number of rotatable bonds is 8. The van der Waals surface area contributed by atoms with Gasteiger partial charge in [-0.1, -0.05) is 12.1 Å². The van der Waals surface area contributed by atoms with Crippen LogP contribution in [0.4, 0.5) is 10.1 Å². The van der Waals surface area contributed by atoms with Crippen molar-refractivity contribution < 1.29 is 23.5 Å². The van der Waals surface area contributed by atoms with Crippen LogP contribution >= 0.6 is 0 Å². The zero-order valence-corrected chi connectivity index (χ0v) is 16.6. The summed E-state index contributed by atoms with van der Waals surface area (Å²) in [6.07, 6.45) is -0.00589. The average molecular weight is 398 g/mol. The number of carbonyl (C=O) groups is 2. The van der Waals surface area contributed by atoms with Gasteiger partial charge in [0.25, 0.3) is 11.8 Å². The number of carbonyl (C=O) groups excluding carboxylic acids is 2. The predicted octanol–water partition coefficient (Wildman–Crippen LogP) is 3.45. The van der Waals surface area contributed by atoms with Gasteiger partial charge in [0.2, 0.25) is 0 Å². The van der Waals surface area contributed by atoms with E-state index in [1.165, 1.54) is 24.3 Å². The summed E-state index contributed by atoms with van der Waals surface area (Å²) >= 11 is 0. The molecule has 1 aliphatic heterocycles. The first kappa shape index (κ1) is 20.5. The maximum absolute atomic E-state index is 13.2. The van der Waals surface area contributed by atoms with Crippen LogP contribution in [-0.2, 0) is 14.3 Å². The lowest BCUT2D eigenvalue weighted by Gasteiger charge is -2.16. The zero-order valence-electron chi connectivity index (χ0n) is 16.6. The minimum Gasteiger partial charge on any atom is -0.497 e. The fraction of sp³-hybridized carbons (Fsp3) is 0.273. The summed E-state index contributed by atoms with van der Waals surface area (Å²) in [4.78, 5) is 27.2. The number of halogens is 1. The first-order valence-electron chi connectivity index (χ1n) is 9.29. The molecule has 2 amide bonds. The molecule has 2 aromatic rings. The molecule has 0 saturated heterocycles. The van der Waals surface area contributed by atoms with Gasteiger partial charge in [-0.2, -0.15) is 0 Å². The van der Waals surface area contributed by atoms with Gasteiger partial charge in [0, 0.05) is 5.69 Å². The molecular formula is C22H23FN2O4. The molecule has 7 heteroatoms. The Morgan fingerprint density at radius 2 is 1.66 bits per heavy atom. The van der Waals surface area contributed by atoms with Crippen molar-refractivity contribution in [3.05, 3.63) is 65.6 Å². The van der Waals surface area contributed by atoms with E-state index in [-0.39, 0.29) is 36.3 Å². The lowest BCUT2D eigenvalue weighted by Crippen LogP contribution is -2.35. The molecule has 1 N–H and O–H groups in total. The highest BCUT2D eigenvalue weighted by Gasteiger charge is 2.39. The summed E-state index contributed by atoms with van der Waals surface area (Å²) in [5.41, 5.74) is 1.50. The van der Waals surface area contributed by atoms with Crippen molar-refractivity contribution in [3.8, 4) is 5.75 Å². The number of imide groups is 1. The quantitative estimate of drug-likeness (QED) is 0.690. The number of benzene rings is 2. The van der Waals surface area contributed by atoms with E-state index in [4.69, 9.17) is 9.47 Å². The summed E-state index contributed by atoms with van der Waals surface area (Å²) < 4.78 is 23.9.